The minimum absolute atomic E-state index is 0.454. The minimum atomic E-state index is -0.951. The van der Waals surface area contributed by atoms with Crippen LogP contribution in [0.2, 0.25) is 0 Å². The van der Waals surface area contributed by atoms with Crippen LogP contribution >= 0.6 is 0 Å². The quantitative estimate of drug-likeness (QED) is 0.685. The molecule has 0 saturated carbocycles. The third-order valence-corrected chi connectivity index (χ3v) is 1.97. The zero-order chi connectivity index (χ0) is 10.4. The van der Waals surface area contributed by atoms with Crippen molar-refractivity contribution < 1.29 is 9.90 Å². The Kier molecular flexibility index (Phi) is 5.46. The van der Waals surface area contributed by atoms with E-state index in [1.54, 1.807) is 0 Å². The second-order valence-corrected chi connectivity index (χ2v) is 3.66. The highest BCUT2D eigenvalue weighted by molar-refractivity contribution is 5.64. The molecule has 0 fully saturated rings. The van der Waals surface area contributed by atoms with Crippen molar-refractivity contribution in [2.24, 2.45) is 0 Å². The molecule has 0 bridgehead atoms. The van der Waals surface area contributed by atoms with Crippen LogP contribution in [-0.2, 0) is 0 Å². The predicted octanol–water partition coefficient (Wildman–Crippen LogP) is 1.37. The number of hydrogen-bond acceptors (Lipinski definition) is 2. The van der Waals surface area contributed by atoms with E-state index in [9.17, 15) is 4.79 Å². The highest BCUT2D eigenvalue weighted by atomic mass is 16.4. The Morgan fingerprint density at radius 3 is 2.08 bits per heavy atom. The van der Waals surface area contributed by atoms with Crippen molar-refractivity contribution in [2.75, 3.05) is 13.1 Å². The number of hydrogen-bond donors (Lipinski definition) is 2. The first-order valence-corrected chi connectivity index (χ1v) is 4.67. The summed E-state index contributed by atoms with van der Waals surface area (Å²) in [6.07, 6.45) is -0.951. The summed E-state index contributed by atoms with van der Waals surface area (Å²) in [6, 6.07) is 0.909. The largest absolute Gasteiger partial charge is 0.465 e. The van der Waals surface area contributed by atoms with Crippen LogP contribution in [0.5, 0.6) is 0 Å². The number of nitrogens with zero attached hydrogens (tertiary/aromatic N) is 1. The summed E-state index contributed by atoms with van der Waals surface area (Å²) in [6.45, 7) is 9.70. The average Bonchev–Trinajstić information content (AvgIpc) is 1.95. The number of nitrogens with one attached hydrogen (secondary N) is 1. The molecule has 4 heteroatoms. The normalized spacial score (nSPS) is 11.3. The first-order valence-electron chi connectivity index (χ1n) is 4.67. The van der Waals surface area contributed by atoms with Crippen LogP contribution in [0.3, 0.4) is 0 Å². The van der Waals surface area contributed by atoms with Crippen LogP contribution in [0.25, 0.3) is 0 Å². The fourth-order valence-electron chi connectivity index (χ4n) is 1.40. The summed E-state index contributed by atoms with van der Waals surface area (Å²) in [4.78, 5) is 12.4. The molecule has 4 nitrogen and oxygen atoms in total. The second-order valence-electron chi connectivity index (χ2n) is 3.66. The van der Waals surface area contributed by atoms with Crippen LogP contribution < -0.4 is 5.32 Å². The maximum Gasteiger partial charge on any atom is 0.404 e. The van der Waals surface area contributed by atoms with Gasteiger partial charge in [0, 0.05) is 25.2 Å². The highest BCUT2D eigenvalue weighted by Crippen LogP contribution is 2.02. The van der Waals surface area contributed by atoms with Crippen molar-refractivity contribution in [3.63, 3.8) is 0 Å². The summed E-state index contributed by atoms with van der Waals surface area (Å²) >= 11 is 0. The van der Waals surface area contributed by atoms with Crippen molar-refractivity contribution in [2.45, 2.75) is 39.8 Å². The maximum absolute atomic E-state index is 10.2. The van der Waals surface area contributed by atoms with Gasteiger partial charge in [0.2, 0.25) is 0 Å². The van der Waals surface area contributed by atoms with Gasteiger partial charge in [-0.2, -0.15) is 0 Å². The number of carboxylic acid groups (broad SMARTS) is 1. The van der Waals surface area contributed by atoms with Crippen molar-refractivity contribution in [1.29, 1.82) is 0 Å². The van der Waals surface area contributed by atoms with E-state index < -0.39 is 6.09 Å². The highest BCUT2D eigenvalue weighted by Gasteiger charge is 2.12. The molecule has 0 aromatic rings. The fourth-order valence-corrected chi connectivity index (χ4v) is 1.40. The van der Waals surface area contributed by atoms with E-state index in [2.05, 4.69) is 37.9 Å². The molecule has 0 unspecified atom stereocenters. The maximum atomic E-state index is 10.2. The molecule has 2 N–H and O–H groups in total. The van der Waals surface area contributed by atoms with E-state index in [4.69, 9.17) is 5.11 Å². The lowest BCUT2D eigenvalue weighted by molar-refractivity contribution is 0.167. The number of amides is 1. The van der Waals surface area contributed by atoms with Crippen LogP contribution in [0.1, 0.15) is 27.7 Å². The molecule has 0 heterocycles. The molecule has 0 aliphatic heterocycles. The van der Waals surface area contributed by atoms with Crippen LogP contribution in [0.4, 0.5) is 4.79 Å². The molecular formula is C9H20N2O2. The third-order valence-electron chi connectivity index (χ3n) is 1.97. The molecule has 1 amide bonds. The van der Waals surface area contributed by atoms with E-state index in [-0.39, 0.29) is 0 Å². The van der Waals surface area contributed by atoms with E-state index in [1.807, 2.05) is 0 Å². The first kappa shape index (κ1) is 12.2. The van der Waals surface area contributed by atoms with Gasteiger partial charge in [-0.1, -0.05) is 0 Å². The molecule has 0 saturated heterocycles. The molecule has 0 aromatic carbocycles. The lowest BCUT2D eigenvalue weighted by Crippen LogP contribution is -2.42. The Hall–Kier alpha value is -0.770. The molecule has 0 aromatic heterocycles. The Labute approximate surface area is 79.9 Å². The molecule has 0 radical (unpaired) electrons. The van der Waals surface area contributed by atoms with Gasteiger partial charge in [-0.15, -0.1) is 0 Å². The molecule has 0 aliphatic carbocycles. The summed E-state index contributed by atoms with van der Waals surface area (Å²) in [7, 11) is 0. The Morgan fingerprint density at radius 1 is 1.31 bits per heavy atom. The molecular weight excluding hydrogens is 168 g/mol. The Bertz CT molecular complexity index is 150. The SMILES string of the molecule is CC(C)N(CCNC(=O)O)C(C)C. The van der Waals surface area contributed by atoms with E-state index in [1.165, 1.54) is 0 Å². The summed E-state index contributed by atoms with van der Waals surface area (Å²) in [5, 5.41) is 10.7. The minimum Gasteiger partial charge on any atom is -0.465 e. The van der Waals surface area contributed by atoms with Crippen molar-refractivity contribution in [3.8, 4) is 0 Å². The Balaban J connectivity index is 3.77. The van der Waals surface area contributed by atoms with Crippen LogP contribution in [-0.4, -0.2) is 41.3 Å². The van der Waals surface area contributed by atoms with Gasteiger partial charge in [0.1, 0.15) is 0 Å². The van der Waals surface area contributed by atoms with Gasteiger partial charge in [-0.25, -0.2) is 4.79 Å². The van der Waals surface area contributed by atoms with Gasteiger partial charge >= 0.3 is 6.09 Å². The zero-order valence-electron chi connectivity index (χ0n) is 8.87. The summed E-state index contributed by atoms with van der Waals surface area (Å²) < 4.78 is 0. The van der Waals surface area contributed by atoms with Gasteiger partial charge in [0.25, 0.3) is 0 Å². The first-order chi connectivity index (χ1) is 5.95. The van der Waals surface area contributed by atoms with Crippen LogP contribution in [0.15, 0.2) is 0 Å². The standard InChI is InChI=1S/C9H20N2O2/c1-7(2)11(8(3)4)6-5-10-9(12)13/h7-8,10H,5-6H2,1-4H3,(H,12,13). The van der Waals surface area contributed by atoms with E-state index in [0.717, 1.165) is 6.54 Å². The van der Waals surface area contributed by atoms with Crippen LogP contribution in [0, 0.1) is 0 Å². The average molecular weight is 188 g/mol. The van der Waals surface area contributed by atoms with E-state index >= 15 is 0 Å². The molecule has 0 atom stereocenters. The Morgan fingerprint density at radius 2 is 1.77 bits per heavy atom. The molecule has 0 aliphatic rings. The van der Waals surface area contributed by atoms with Crippen molar-refractivity contribution in [1.82, 2.24) is 10.2 Å². The smallest absolute Gasteiger partial charge is 0.404 e. The predicted molar refractivity (Wildman–Crippen MR) is 53.0 cm³/mol. The molecule has 13 heavy (non-hydrogen) atoms. The number of rotatable bonds is 5. The number of carbonyl (C=O) groups is 1. The van der Waals surface area contributed by atoms with Crippen molar-refractivity contribution in [3.05, 3.63) is 0 Å². The fraction of sp³-hybridized carbons (Fsp3) is 0.889. The summed E-state index contributed by atoms with van der Waals surface area (Å²) in [5.74, 6) is 0. The molecule has 78 valence electrons. The van der Waals surface area contributed by atoms with Gasteiger partial charge in [-0.3, -0.25) is 4.90 Å². The molecule has 0 spiro atoms. The van der Waals surface area contributed by atoms with Gasteiger partial charge in [0.05, 0.1) is 0 Å². The second kappa shape index (κ2) is 5.80. The monoisotopic (exact) mass is 188 g/mol. The van der Waals surface area contributed by atoms with Gasteiger partial charge in [0.15, 0.2) is 0 Å². The third kappa shape index (κ3) is 5.47. The van der Waals surface area contributed by atoms with E-state index in [0.29, 0.717) is 18.6 Å². The van der Waals surface area contributed by atoms with Gasteiger partial charge < -0.3 is 10.4 Å². The topological polar surface area (TPSA) is 52.6 Å². The lowest BCUT2D eigenvalue weighted by atomic mass is 10.2. The molecule has 0 rings (SSSR count). The van der Waals surface area contributed by atoms with Gasteiger partial charge in [-0.05, 0) is 27.7 Å². The zero-order valence-corrected chi connectivity index (χ0v) is 8.87. The summed E-state index contributed by atoms with van der Waals surface area (Å²) in [5.41, 5.74) is 0. The van der Waals surface area contributed by atoms with Crippen molar-refractivity contribution >= 4 is 6.09 Å². The lowest BCUT2D eigenvalue weighted by Gasteiger charge is -2.30.